The number of ether oxygens (including phenoxy) is 3. The van der Waals surface area contributed by atoms with Gasteiger partial charge in [-0.05, 0) is 116 Å². The molecule has 3 heterocycles. The van der Waals surface area contributed by atoms with Gasteiger partial charge in [0.2, 0.25) is 0 Å². The fourth-order valence-corrected chi connectivity index (χ4v) is 12.2. The normalized spacial score (nSPS) is 33.1. The van der Waals surface area contributed by atoms with Crippen LogP contribution in [0.25, 0.3) is 0 Å². The molecule has 1 unspecified atom stereocenters. The predicted molar refractivity (Wildman–Crippen MR) is 211 cm³/mol. The monoisotopic (exact) mass is 765 g/mol. The largest absolute Gasteiger partial charge is 0.494 e. The van der Waals surface area contributed by atoms with Gasteiger partial charge in [-0.15, -0.1) is 0 Å². The second-order valence-corrected chi connectivity index (χ2v) is 18.0. The van der Waals surface area contributed by atoms with Gasteiger partial charge >= 0.3 is 0 Å². The van der Waals surface area contributed by atoms with Gasteiger partial charge in [0.25, 0.3) is 0 Å². The van der Waals surface area contributed by atoms with Crippen molar-refractivity contribution in [2.24, 2.45) is 46.5 Å². The first-order chi connectivity index (χ1) is 27.1. The van der Waals surface area contributed by atoms with Crippen LogP contribution in [0.1, 0.15) is 124 Å². The molecule has 1 aromatic heterocycles. The molecule has 9 rings (SSSR count). The van der Waals surface area contributed by atoms with Crippen LogP contribution in [0.15, 0.2) is 47.7 Å². The van der Waals surface area contributed by atoms with E-state index >= 15 is 0 Å². The third-order valence-electron chi connectivity index (χ3n) is 15.1. The minimum absolute atomic E-state index is 0.0236. The number of carbonyl (C=O) groups excluding carboxylic acids is 2. The summed E-state index contributed by atoms with van der Waals surface area (Å²) in [6.45, 7) is 7.61. The van der Waals surface area contributed by atoms with E-state index in [9.17, 15) is 14.0 Å². The van der Waals surface area contributed by atoms with Gasteiger partial charge in [0.05, 0.1) is 30.4 Å². The summed E-state index contributed by atoms with van der Waals surface area (Å²) in [4.78, 5) is 34.2. The van der Waals surface area contributed by atoms with E-state index in [4.69, 9.17) is 19.2 Å². The summed E-state index contributed by atoms with van der Waals surface area (Å²) in [5.41, 5.74) is 3.87. The molecule has 56 heavy (non-hydrogen) atoms. The van der Waals surface area contributed by atoms with E-state index in [1.54, 1.807) is 4.68 Å². The maximum absolute atomic E-state index is 14.7. The van der Waals surface area contributed by atoms with Gasteiger partial charge in [0, 0.05) is 62.9 Å². The van der Waals surface area contributed by atoms with E-state index in [1.165, 1.54) is 57.0 Å². The molecule has 4 saturated carbocycles. The Bertz CT molecular complexity index is 2000. The van der Waals surface area contributed by atoms with Crippen LogP contribution in [0.5, 0.6) is 5.75 Å². The van der Waals surface area contributed by atoms with Crippen molar-refractivity contribution in [1.82, 2.24) is 14.8 Å². The summed E-state index contributed by atoms with van der Waals surface area (Å²) in [6.07, 6.45) is 13.8. The van der Waals surface area contributed by atoms with Gasteiger partial charge in [0.15, 0.2) is 5.78 Å². The zero-order valence-electron chi connectivity index (χ0n) is 33.1. The molecule has 10 nitrogen and oxygen atoms in total. The number of Topliss-reactive ketones (excluding diaryl/α,β-unsaturated/α-hetero) is 2. The van der Waals surface area contributed by atoms with Gasteiger partial charge in [-0.2, -0.15) is 5.10 Å². The first kappa shape index (κ1) is 37.6. The summed E-state index contributed by atoms with van der Waals surface area (Å²) < 4.78 is 35.1. The third-order valence-corrected chi connectivity index (χ3v) is 15.1. The number of hydrogen-bond donors (Lipinski definition) is 1. The van der Waals surface area contributed by atoms with Crippen molar-refractivity contribution in [3.63, 3.8) is 0 Å². The molecule has 2 aliphatic heterocycles. The van der Waals surface area contributed by atoms with Gasteiger partial charge in [-0.1, -0.05) is 26.0 Å². The van der Waals surface area contributed by atoms with Crippen molar-refractivity contribution < 1.29 is 28.2 Å². The number of aromatic nitrogens is 3. The molecule has 6 aliphatic rings. The highest BCUT2D eigenvalue weighted by Gasteiger charge is 2.60. The van der Waals surface area contributed by atoms with Crippen LogP contribution in [0.4, 0.5) is 10.1 Å². The lowest BCUT2D eigenvalue weighted by molar-refractivity contribution is -0.145. The molecule has 0 amide bonds. The highest BCUT2D eigenvalue weighted by Crippen LogP contribution is 2.66. The van der Waals surface area contributed by atoms with Crippen molar-refractivity contribution in [1.29, 1.82) is 0 Å². The lowest BCUT2D eigenvalue weighted by atomic mass is 9.45. The predicted octanol–water partition coefficient (Wildman–Crippen LogP) is 8.06. The smallest absolute Gasteiger partial charge is 0.185 e. The molecule has 0 bridgehead atoms. The topological polar surface area (TPSA) is 117 Å². The Hall–Kier alpha value is -3.96. The Kier molecular flexibility index (Phi) is 10.1. The number of halogens is 1. The number of aliphatic imine (C=N–C) groups is 1. The number of rotatable bonds is 12. The Morgan fingerprint density at radius 1 is 0.929 bits per heavy atom. The molecular weight excluding hydrogens is 710 g/mol. The minimum atomic E-state index is -0.459. The SMILES string of the molecule is Cn1ncnc1C1C2=NCC(=O)c3cc(F)cc(c32)N[C@@H]1c1ccc(OCCCOCCCO[C@H]2CC[C@H]3[C@@H]4CC[C@H]5CC(=O)CC[C@]5(C)[C@H]4CC[C@]23C)cc1. The summed E-state index contributed by atoms with van der Waals surface area (Å²) in [5, 5.41) is 7.81. The molecule has 298 valence electrons. The standard InChI is InChI=1S/C45H56FN5O5/c1-44-16-14-30(52)22-28(44)8-11-32-34-12-13-38(45(34,2)17-15-35(32)44)56-21-5-19-54-18-4-20-55-31-9-6-27(7-10-31)41-40(43-48-26-49-51(43)3)42-39-33(37(53)25-47-42)23-29(46)24-36(39)50-41/h6-7,9-10,23-24,26,28,32,34-35,38,40-41,50H,4-5,8,11-22,25H2,1-3H3/t28-,32-,34-,35-,38-,40?,41+,44-,45-/m0/s1. The summed E-state index contributed by atoms with van der Waals surface area (Å²) in [6, 6.07) is 10.3. The second-order valence-electron chi connectivity index (χ2n) is 18.0. The summed E-state index contributed by atoms with van der Waals surface area (Å²) in [5.74, 6) is 3.92. The maximum atomic E-state index is 14.7. The highest BCUT2D eigenvalue weighted by molar-refractivity contribution is 6.21. The number of hydrogen-bond acceptors (Lipinski definition) is 9. The summed E-state index contributed by atoms with van der Waals surface area (Å²) in [7, 11) is 1.84. The zero-order valence-corrected chi connectivity index (χ0v) is 33.1. The van der Waals surface area contributed by atoms with Crippen LogP contribution < -0.4 is 10.1 Å². The van der Waals surface area contributed by atoms with Crippen LogP contribution in [0, 0.1) is 40.3 Å². The fraction of sp³-hybridized carbons (Fsp3) is 0.622. The first-order valence-electron chi connectivity index (χ1n) is 21.1. The molecule has 11 heteroatoms. The molecule has 4 aliphatic carbocycles. The number of aryl methyl sites for hydroxylation is 1. The van der Waals surface area contributed by atoms with Crippen LogP contribution in [-0.2, 0) is 21.3 Å². The number of anilines is 1. The number of nitrogens with zero attached hydrogens (tertiary/aromatic N) is 4. The maximum Gasteiger partial charge on any atom is 0.185 e. The Morgan fingerprint density at radius 2 is 1.73 bits per heavy atom. The van der Waals surface area contributed by atoms with E-state index in [0.29, 0.717) is 65.7 Å². The van der Waals surface area contributed by atoms with Crippen molar-refractivity contribution in [3.8, 4) is 5.75 Å². The average molecular weight is 766 g/mol. The molecule has 1 N–H and O–H groups in total. The first-order valence-corrected chi connectivity index (χ1v) is 21.1. The molecule has 0 spiro atoms. The van der Waals surface area contributed by atoms with Crippen molar-refractivity contribution in [3.05, 3.63) is 71.1 Å². The van der Waals surface area contributed by atoms with Crippen LogP contribution >= 0.6 is 0 Å². The number of ketones is 2. The van der Waals surface area contributed by atoms with E-state index in [-0.39, 0.29) is 29.7 Å². The number of benzene rings is 2. The summed E-state index contributed by atoms with van der Waals surface area (Å²) >= 11 is 0. The van der Waals surface area contributed by atoms with E-state index in [0.717, 1.165) is 73.5 Å². The number of nitrogens with one attached hydrogen (secondary N) is 1. The molecule has 9 atom stereocenters. The molecule has 0 saturated heterocycles. The average Bonchev–Trinajstić information content (AvgIpc) is 3.77. The van der Waals surface area contributed by atoms with E-state index in [2.05, 4.69) is 29.2 Å². The molecular formula is C45H56FN5O5. The minimum Gasteiger partial charge on any atom is -0.494 e. The quantitative estimate of drug-likeness (QED) is 0.184. The Morgan fingerprint density at radius 3 is 2.54 bits per heavy atom. The third kappa shape index (κ3) is 6.60. The van der Waals surface area contributed by atoms with Gasteiger partial charge in [-0.3, -0.25) is 19.3 Å². The number of fused-ring (bicyclic) bond motifs is 5. The molecule has 4 fully saturated rings. The zero-order chi connectivity index (χ0) is 38.6. The van der Waals surface area contributed by atoms with Crippen LogP contribution in [0.2, 0.25) is 0 Å². The molecule has 2 aromatic carbocycles. The van der Waals surface area contributed by atoms with Gasteiger partial charge in [-0.25, -0.2) is 9.37 Å². The molecule has 3 aromatic rings. The van der Waals surface area contributed by atoms with Crippen molar-refractivity contribution >= 4 is 23.0 Å². The Balaban J connectivity index is 0.726. The lowest BCUT2D eigenvalue weighted by Gasteiger charge is -2.60. The van der Waals surface area contributed by atoms with Crippen molar-refractivity contribution in [2.45, 2.75) is 103 Å². The van der Waals surface area contributed by atoms with Gasteiger partial charge in [0.1, 0.15) is 36.0 Å². The highest BCUT2D eigenvalue weighted by atomic mass is 19.1. The van der Waals surface area contributed by atoms with Crippen molar-refractivity contribution in [2.75, 3.05) is 38.3 Å². The van der Waals surface area contributed by atoms with E-state index in [1.807, 2.05) is 31.3 Å². The lowest BCUT2D eigenvalue weighted by Crippen LogP contribution is -2.54. The van der Waals surface area contributed by atoms with E-state index < -0.39 is 5.82 Å². The second kappa shape index (κ2) is 15.1. The van der Waals surface area contributed by atoms with Crippen LogP contribution in [-0.4, -0.2) is 71.1 Å². The number of carbonyl (C=O) groups is 2. The van der Waals surface area contributed by atoms with Crippen LogP contribution in [0.3, 0.4) is 0 Å². The van der Waals surface area contributed by atoms with Gasteiger partial charge < -0.3 is 19.5 Å². The molecule has 0 radical (unpaired) electrons. The Labute approximate surface area is 329 Å². The fourth-order valence-electron chi connectivity index (χ4n) is 12.2.